The highest BCUT2D eigenvalue weighted by atomic mass is 15.1. The molecule has 0 spiro atoms. The molecule has 0 aromatic carbocycles. The van der Waals surface area contributed by atoms with Gasteiger partial charge in [0.2, 0.25) is 0 Å². The van der Waals surface area contributed by atoms with Crippen LogP contribution in [-0.2, 0) is 0 Å². The molecule has 1 N–H and O–H groups in total. The lowest BCUT2D eigenvalue weighted by molar-refractivity contribution is 0.162. The van der Waals surface area contributed by atoms with Gasteiger partial charge in [-0.3, -0.25) is 0 Å². The van der Waals surface area contributed by atoms with Gasteiger partial charge in [-0.15, -0.1) is 0 Å². The quantitative estimate of drug-likeness (QED) is 0.675. The first-order valence-electron chi connectivity index (χ1n) is 7.80. The Labute approximate surface area is 116 Å². The zero-order valence-corrected chi connectivity index (χ0v) is 13.8. The van der Waals surface area contributed by atoms with Crippen LogP contribution < -0.4 is 5.32 Å². The van der Waals surface area contributed by atoms with Gasteiger partial charge in [-0.2, -0.15) is 0 Å². The summed E-state index contributed by atoms with van der Waals surface area (Å²) in [7, 11) is 0. The van der Waals surface area contributed by atoms with E-state index in [2.05, 4.69) is 58.7 Å². The van der Waals surface area contributed by atoms with Crippen LogP contribution in [0.4, 0.5) is 0 Å². The molecule has 0 aromatic heterocycles. The fourth-order valence-corrected chi connectivity index (χ4v) is 2.12. The molecule has 0 radical (unpaired) electrons. The molecule has 110 valence electrons. The molecule has 2 atom stereocenters. The Bertz CT molecular complexity index is 196. The maximum atomic E-state index is 3.72. The molecule has 0 aliphatic rings. The lowest BCUT2D eigenvalue weighted by Gasteiger charge is -2.36. The van der Waals surface area contributed by atoms with Gasteiger partial charge in [0.15, 0.2) is 0 Å². The van der Waals surface area contributed by atoms with E-state index < -0.39 is 0 Å². The van der Waals surface area contributed by atoms with Gasteiger partial charge in [-0.25, -0.2) is 0 Å². The average molecular weight is 256 g/mol. The standard InChI is InChI=1S/C16H36N2/c1-8-11-17-15(16(5,6)7)13-18(10-3)12-14(4)9-2/h14-15,17H,8-13H2,1-7H3. The zero-order valence-electron chi connectivity index (χ0n) is 13.8. The van der Waals surface area contributed by atoms with E-state index >= 15 is 0 Å². The van der Waals surface area contributed by atoms with E-state index in [-0.39, 0.29) is 0 Å². The summed E-state index contributed by atoms with van der Waals surface area (Å²) in [6.07, 6.45) is 2.49. The molecule has 2 nitrogen and oxygen atoms in total. The third kappa shape index (κ3) is 7.38. The van der Waals surface area contributed by atoms with Crippen molar-refractivity contribution in [3.8, 4) is 0 Å². The van der Waals surface area contributed by atoms with E-state index in [1.165, 1.54) is 25.9 Å². The second-order valence-corrected chi connectivity index (χ2v) is 6.74. The molecular weight excluding hydrogens is 220 g/mol. The van der Waals surface area contributed by atoms with Crippen molar-refractivity contribution in [1.82, 2.24) is 10.2 Å². The minimum Gasteiger partial charge on any atom is -0.312 e. The summed E-state index contributed by atoms with van der Waals surface area (Å²) in [6, 6.07) is 0.585. The monoisotopic (exact) mass is 256 g/mol. The molecule has 0 fully saturated rings. The predicted molar refractivity (Wildman–Crippen MR) is 83.1 cm³/mol. The molecule has 0 rings (SSSR count). The third-order valence-corrected chi connectivity index (χ3v) is 3.84. The molecule has 0 aliphatic heterocycles. The van der Waals surface area contributed by atoms with Crippen LogP contribution >= 0.6 is 0 Å². The van der Waals surface area contributed by atoms with Crippen LogP contribution in [0.1, 0.15) is 61.3 Å². The van der Waals surface area contributed by atoms with Gasteiger partial charge in [0.05, 0.1) is 0 Å². The molecule has 0 heterocycles. The number of hydrogen-bond acceptors (Lipinski definition) is 2. The first-order valence-corrected chi connectivity index (χ1v) is 7.80. The molecule has 0 bridgehead atoms. The fourth-order valence-electron chi connectivity index (χ4n) is 2.12. The summed E-state index contributed by atoms with van der Waals surface area (Å²) in [4.78, 5) is 2.60. The first-order chi connectivity index (χ1) is 8.35. The highest BCUT2D eigenvalue weighted by Crippen LogP contribution is 2.20. The highest BCUT2D eigenvalue weighted by molar-refractivity contribution is 4.83. The minimum absolute atomic E-state index is 0.331. The van der Waals surface area contributed by atoms with Crippen LogP contribution in [0.15, 0.2) is 0 Å². The van der Waals surface area contributed by atoms with Gasteiger partial charge >= 0.3 is 0 Å². The third-order valence-electron chi connectivity index (χ3n) is 3.84. The molecule has 2 unspecified atom stereocenters. The van der Waals surface area contributed by atoms with Gasteiger partial charge in [0.1, 0.15) is 0 Å². The van der Waals surface area contributed by atoms with Crippen LogP contribution in [0.2, 0.25) is 0 Å². The largest absolute Gasteiger partial charge is 0.312 e. The number of likely N-dealkylation sites (N-methyl/N-ethyl adjacent to an activating group) is 1. The fraction of sp³-hybridized carbons (Fsp3) is 1.00. The van der Waals surface area contributed by atoms with Gasteiger partial charge in [0, 0.05) is 19.1 Å². The number of nitrogens with zero attached hydrogens (tertiary/aromatic N) is 1. The van der Waals surface area contributed by atoms with Crippen molar-refractivity contribution < 1.29 is 0 Å². The SMILES string of the molecule is CCCNC(CN(CC)CC(C)CC)C(C)(C)C. The molecule has 0 aliphatic carbocycles. The first kappa shape index (κ1) is 17.9. The second kappa shape index (κ2) is 8.92. The van der Waals surface area contributed by atoms with Crippen molar-refractivity contribution in [3.63, 3.8) is 0 Å². The van der Waals surface area contributed by atoms with Crippen LogP contribution in [0, 0.1) is 11.3 Å². The lowest BCUT2D eigenvalue weighted by atomic mass is 9.86. The summed E-state index contributed by atoms with van der Waals surface area (Å²) in [5, 5.41) is 3.72. The Morgan fingerprint density at radius 1 is 1.06 bits per heavy atom. The Kier molecular flexibility index (Phi) is 8.89. The molecule has 2 heteroatoms. The van der Waals surface area contributed by atoms with Gasteiger partial charge in [0.25, 0.3) is 0 Å². The van der Waals surface area contributed by atoms with Crippen molar-refractivity contribution in [1.29, 1.82) is 0 Å². The van der Waals surface area contributed by atoms with Crippen molar-refractivity contribution in [2.75, 3.05) is 26.2 Å². The normalized spacial score (nSPS) is 16.0. The van der Waals surface area contributed by atoms with Crippen LogP contribution in [-0.4, -0.2) is 37.1 Å². The molecule has 0 aromatic rings. The summed E-state index contributed by atoms with van der Waals surface area (Å²) >= 11 is 0. The average Bonchev–Trinajstić information content (AvgIpc) is 2.30. The highest BCUT2D eigenvalue weighted by Gasteiger charge is 2.25. The van der Waals surface area contributed by atoms with Gasteiger partial charge in [-0.05, 0) is 30.8 Å². The van der Waals surface area contributed by atoms with E-state index in [0.717, 1.165) is 19.0 Å². The summed E-state index contributed by atoms with van der Waals surface area (Å²) in [5.41, 5.74) is 0.331. The Morgan fingerprint density at radius 3 is 2.06 bits per heavy atom. The number of nitrogens with one attached hydrogen (secondary N) is 1. The second-order valence-electron chi connectivity index (χ2n) is 6.74. The predicted octanol–water partition coefficient (Wildman–Crippen LogP) is 3.77. The molecule has 0 saturated carbocycles. The van der Waals surface area contributed by atoms with Crippen molar-refractivity contribution in [2.24, 2.45) is 11.3 Å². The Hall–Kier alpha value is -0.0800. The molecule has 0 amide bonds. The maximum absolute atomic E-state index is 3.72. The number of rotatable bonds is 9. The lowest BCUT2D eigenvalue weighted by Crippen LogP contribution is -2.49. The maximum Gasteiger partial charge on any atom is 0.0243 e. The van der Waals surface area contributed by atoms with Gasteiger partial charge < -0.3 is 10.2 Å². The van der Waals surface area contributed by atoms with Gasteiger partial charge in [-0.1, -0.05) is 54.9 Å². The Balaban J connectivity index is 4.42. The zero-order chi connectivity index (χ0) is 14.2. The summed E-state index contributed by atoms with van der Waals surface area (Å²) in [6.45, 7) is 20.9. The topological polar surface area (TPSA) is 15.3 Å². The van der Waals surface area contributed by atoms with Crippen molar-refractivity contribution >= 4 is 0 Å². The molecule has 18 heavy (non-hydrogen) atoms. The molecule has 0 saturated heterocycles. The van der Waals surface area contributed by atoms with E-state index in [1.54, 1.807) is 0 Å². The van der Waals surface area contributed by atoms with Crippen LogP contribution in [0.25, 0.3) is 0 Å². The van der Waals surface area contributed by atoms with E-state index in [9.17, 15) is 0 Å². The molecular formula is C16H36N2. The summed E-state index contributed by atoms with van der Waals surface area (Å²) in [5.74, 6) is 0.803. The van der Waals surface area contributed by atoms with Crippen LogP contribution in [0.3, 0.4) is 0 Å². The number of hydrogen-bond donors (Lipinski definition) is 1. The van der Waals surface area contributed by atoms with E-state index in [1.807, 2.05) is 0 Å². The summed E-state index contributed by atoms with van der Waals surface area (Å²) < 4.78 is 0. The smallest absolute Gasteiger partial charge is 0.0243 e. The van der Waals surface area contributed by atoms with Crippen molar-refractivity contribution in [3.05, 3.63) is 0 Å². The van der Waals surface area contributed by atoms with E-state index in [4.69, 9.17) is 0 Å². The van der Waals surface area contributed by atoms with Crippen molar-refractivity contribution in [2.45, 2.75) is 67.3 Å². The Morgan fingerprint density at radius 2 is 1.67 bits per heavy atom. The minimum atomic E-state index is 0.331. The van der Waals surface area contributed by atoms with E-state index in [0.29, 0.717) is 11.5 Å². The van der Waals surface area contributed by atoms with Crippen LogP contribution in [0.5, 0.6) is 0 Å².